The Hall–Kier alpha value is -4.15. The van der Waals surface area contributed by atoms with Crippen LogP contribution in [-0.2, 0) is 40.0 Å². The average Bonchev–Trinajstić information content (AvgIpc) is 3.36. The Morgan fingerprint density at radius 3 is 2.54 bits per heavy atom. The molecule has 0 spiro atoms. The average molecular weight is 627 g/mol. The number of benzene rings is 1. The van der Waals surface area contributed by atoms with Gasteiger partial charge in [-0.05, 0) is 43.8 Å². The molecule has 0 aliphatic carbocycles. The molecule has 0 unspecified atom stereocenters. The minimum atomic E-state index is -1.47. The Kier molecular flexibility index (Phi) is 10.3. The van der Waals surface area contributed by atoms with Gasteiger partial charge in [-0.25, -0.2) is 9.79 Å². The number of esters is 1. The molecule has 0 radical (unpaired) electrons. The van der Waals surface area contributed by atoms with Crippen molar-refractivity contribution < 1.29 is 48.8 Å². The van der Waals surface area contributed by atoms with Crippen molar-refractivity contribution in [3.63, 3.8) is 0 Å². The highest BCUT2D eigenvalue weighted by Crippen LogP contribution is 2.32. The van der Waals surface area contributed by atoms with Crippen molar-refractivity contribution in [1.29, 1.82) is 0 Å². The van der Waals surface area contributed by atoms with Crippen molar-refractivity contribution in [3.8, 4) is 5.88 Å². The third-order valence-corrected chi connectivity index (χ3v) is 7.39. The van der Waals surface area contributed by atoms with Gasteiger partial charge in [0.05, 0.1) is 17.4 Å². The number of fused-ring (bicyclic) bond motifs is 1. The molecule has 0 fully saturated rings. The molecule has 1 aromatic carbocycles. The van der Waals surface area contributed by atoms with Gasteiger partial charge in [0.15, 0.2) is 10.6 Å². The van der Waals surface area contributed by atoms with Crippen molar-refractivity contribution in [1.82, 2.24) is 15.2 Å². The van der Waals surface area contributed by atoms with E-state index < -0.39 is 60.7 Å². The molecular weight excluding hydrogens is 604 g/mol. The topological polar surface area (TPSA) is 214 Å². The molecule has 0 bridgehead atoms. The van der Waals surface area contributed by atoms with E-state index in [0.29, 0.717) is 15.6 Å². The number of rotatable bonds is 13. The number of aliphatic carboxylic acids is 2. The number of hydrogen-bond donors (Lipinski definition) is 5. The van der Waals surface area contributed by atoms with E-state index in [1.54, 1.807) is 18.2 Å². The third-order valence-electron chi connectivity index (χ3n) is 5.70. The quantitative estimate of drug-likeness (QED) is 0.146. The number of amides is 3. The molecule has 14 nitrogen and oxygen atoms in total. The summed E-state index contributed by atoms with van der Waals surface area (Å²) in [5.41, 5.74) is 0.129. The van der Waals surface area contributed by atoms with Gasteiger partial charge in [-0.15, -0.1) is 11.3 Å². The molecule has 218 valence electrons. The first-order chi connectivity index (χ1) is 19.3. The van der Waals surface area contributed by atoms with E-state index in [0.717, 1.165) is 11.3 Å². The highest BCUT2D eigenvalue weighted by Gasteiger charge is 2.27. The zero-order valence-corrected chi connectivity index (χ0v) is 23.6. The SMILES string of the molecule is C[C@@H](NC(=O)COC(=O)CCn1c(O)c(C2=c3cc(Cl)ccc3=NC2=O)sc1=S)C(=O)N[C@@H](CCC(=O)O)C(=O)O. The van der Waals surface area contributed by atoms with E-state index in [2.05, 4.69) is 15.6 Å². The highest BCUT2D eigenvalue weighted by molar-refractivity contribution is 7.73. The number of nitrogens with zero attached hydrogens (tertiary/aromatic N) is 2. The molecule has 1 aliphatic rings. The Morgan fingerprint density at radius 2 is 1.88 bits per heavy atom. The lowest BCUT2D eigenvalue weighted by Gasteiger charge is -2.18. The first-order valence-corrected chi connectivity index (χ1v) is 13.4. The van der Waals surface area contributed by atoms with Crippen molar-refractivity contribution >= 4 is 76.4 Å². The largest absolute Gasteiger partial charge is 0.493 e. The van der Waals surface area contributed by atoms with Gasteiger partial charge in [0.25, 0.3) is 11.8 Å². The molecular formula is C24H23ClN4O10S2. The molecule has 2 aromatic rings. The van der Waals surface area contributed by atoms with Crippen molar-refractivity contribution in [2.75, 3.05) is 6.61 Å². The van der Waals surface area contributed by atoms with Crippen LogP contribution >= 0.6 is 35.2 Å². The molecule has 3 amide bonds. The fourth-order valence-electron chi connectivity index (χ4n) is 3.65. The van der Waals surface area contributed by atoms with Crippen LogP contribution < -0.4 is 21.2 Å². The fourth-order valence-corrected chi connectivity index (χ4v) is 5.22. The normalized spacial score (nSPS) is 13.5. The lowest BCUT2D eigenvalue weighted by Crippen LogP contribution is -2.51. The fraction of sp³-hybridized carbons (Fsp3) is 0.333. The van der Waals surface area contributed by atoms with Crippen LogP contribution in [0.5, 0.6) is 5.88 Å². The minimum absolute atomic E-state index is 0.129. The van der Waals surface area contributed by atoms with Gasteiger partial charge in [-0.1, -0.05) is 11.6 Å². The van der Waals surface area contributed by atoms with E-state index in [4.69, 9.17) is 38.8 Å². The van der Waals surface area contributed by atoms with Gasteiger partial charge in [0, 0.05) is 23.2 Å². The van der Waals surface area contributed by atoms with Crippen LogP contribution in [0, 0.1) is 3.95 Å². The minimum Gasteiger partial charge on any atom is -0.493 e. The Morgan fingerprint density at radius 1 is 1.17 bits per heavy atom. The number of nitrogens with one attached hydrogen (secondary N) is 2. The van der Waals surface area contributed by atoms with Crippen LogP contribution in [0.3, 0.4) is 0 Å². The second-order valence-corrected chi connectivity index (χ2v) is 10.7. The number of carboxylic acid groups (broad SMARTS) is 2. The molecule has 17 heteroatoms. The number of hydrogen-bond acceptors (Lipinski definition) is 10. The first-order valence-electron chi connectivity index (χ1n) is 11.8. The monoisotopic (exact) mass is 626 g/mol. The maximum absolute atomic E-state index is 12.5. The van der Waals surface area contributed by atoms with Gasteiger partial charge in [-0.2, -0.15) is 0 Å². The lowest BCUT2D eigenvalue weighted by molar-refractivity contribution is -0.149. The summed E-state index contributed by atoms with van der Waals surface area (Å²) < 4.78 is 6.30. The number of aromatic hydroxyl groups is 1. The van der Waals surface area contributed by atoms with E-state index >= 15 is 0 Å². The standard InChI is InChI=1S/C24H23ClN4O10S2/c1-10(20(34)28-14(23(37)38)4-5-16(31)32)26-15(30)9-39-17(33)6-7-29-22(36)19(41-24(29)40)18-12-8-11(25)2-3-13(12)27-21(18)35/h2-3,8,10,14,36H,4-7,9H2,1H3,(H,26,30)(H,28,34)(H,31,32)(H,37,38)/t10-,14+/m1/s1. The molecule has 0 saturated heterocycles. The van der Waals surface area contributed by atoms with E-state index in [9.17, 15) is 33.9 Å². The number of thiazole rings is 1. The van der Waals surface area contributed by atoms with Gasteiger partial charge in [0.2, 0.25) is 11.8 Å². The molecule has 1 aromatic heterocycles. The molecule has 5 N–H and O–H groups in total. The van der Waals surface area contributed by atoms with E-state index in [1.807, 2.05) is 0 Å². The molecule has 3 rings (SSSR count). The summed E-state index contributed by atoms with van der Waals surface area (Å²) in [5.74, 6) is -6.16. The number of halogens is 1. The number of carbonyl (C=O) groups excluding carboxylic acids is 4. The maximum atomic E-state index is 12.5. The van der Waals surface area contributed by atoms with Gasteiger partial charge < -0.3 is 30.7 Å². The summed E-state index contributed by atoms with van der Waals surface area (Å²) in [5, 5.41) is 34.2. The first kappa shape index (κ1) is 31.4. The summed E-state index contributed by atoms with van der Waals surface area (Å²) in [6, 6.07) is 2.02. The predicted octanol–water partition coefficient (Wildman–Crippen LogP) is -0.131. The second-order valence-electron chi connectivity index (χ2n) is 8.66. The molecule has 1 aliphatic heterocycles. The Balaban J connectivity index is 1.54. The smallest absolute Gasteiger partial charge is 0.326 e. The van der Waals surface area contributed by atoms with Crippen molar-refractivity contribution in [3.05, 3.63) is 42.6 Å². The van der Waals surface area contributed by atoms with Crippen molar-refractivity contribution in [2.24, 2.45) is 4.99 Å². The van der Waals surface area contributed by atoms with E-state index in [1.165, 1.54) is 11.5 Å². The van der Waals surface area contributed by atoms with Crippen LogP contribution in [0.2, 0.25) is 5.02 Å². The number of carbonyl (C=O) groups is 6. The van der Waals surface area contributed by atoms with Crippen LogP contribution in [0.1, 0.15) is 31.1 Å². The van der Waals surface area contributed by atoms with Crippen LogP contribution in [0.25, 0.3) is 5.57 Å². The molecule has 2 atom stereocenters. The van der Waals surface area contributed by atoms with Gasteiger partial charge in [-0.3, -0.25) is 28.5 Å². The van der Waals surface area contributed by atoms with E-state index in [-0.39, 0.29) is 39.7 Å². The lowest BCUT2D eigenvalue weighted by atomic mass is 10.1. The summed E-state index contributed by atoms with van der Waals surface area (Å²) in [7, 11) is 0. The summed E-state index contributed by atoms with van der Waals surface area (Å²) >= 11 is 12.3. The summed E-state index contributed by atoms with van der Waals surface area (Å²) in [6.45, 7) is 0.375. The zero-order valence-electron chi connectivity index (χ0n) is 21.2. The number of aromatic nitrogens is 1. The number of carboxylic acids is 2. The van der Waals surface area contributed by atoms with Crippen molar-refractivity contribution in [2.45, 2.75) is 44.8 Å². The Labute approximate surface area is 244 Å². The zero-order chi connectivity index (χ0) is 30.4. The predicted molar refractivity (Wildman–Crippen MR) is 144 cm³/mol. The summed E-state index contributed by atoms with van der Waals surface area (Å²) in [6.07, 6.45) is -1.15. The molecule has 2 heterocycles. The Bertz CT molecular complexity index is 1620. The second kappa shape index (κ2) is 13.5. The van der Waals surface area contributed by atoms with Crippen LogP contribution in [0.15, 0.2) is 23.2 Å². The van der Waals surface area contributed by atoms with Crippen LogP contribution in [-0.4, -0.2) is 74.2 Å². The highest BCUT2D eigenvalue weighted by atomic mass is 35.5. The van der Waals surface area contributed by atoms with Gasteiger partial charge in [0.1, 0.15) is 17.0 Å². The van der Waals surface area contributed by atoms with Crippen LogP contribution in [0.4, 0.5) is 0 Å². The third kappa shape index (κ3) is 7.96. The number of ether oxygens (including phenoxy) is 1. The maximum Gasteiger partial charge on any atom is 0.326 e. The summed E-state index contributed by atoms with van der Waals surface area (Å²) in [4.78, 5) is 75.0. The van der Waals surface area contributed by atoms with Gasteiger partial charge >= 0.3 is 17.9 Å². The molecule has 41 heavy (non-hydrogen) atoms. The molecule has 0 saturated carbocycles.